The van der Waals surface area contributed by atoms with E-state index in [1.54, 1.807) is 23.5 Å². The van der Waals surface area contributed by atoms with Gasteiger partial charge in [0.25, 0.3) is 0 Å². The minimum absolute atomic E-state index is 0.588. The average Bonchev–Trinajstić information content (AvgIpc) is 3.05. The number of aldehydes is 1. The van der Waals surface area contributed by atoms with Crippen molar-refractivity contribution in [3.05, 3.63) is 48.0 Å². The van der Waals surface area contributed by atoms with Gasteiger partial charge < -0.3 is 10.1 Å². The van der Waals surface area contributed by atoms with Gasteiger partial charge >= 0.3 is 0 Å². The smallest absolute Gasteiger partial charge is 0.183 e. The lowest BCUT2D eigenvalue weighted by Crippen LogP contribution is -1.94. The summed E-state index contributed by atoms with van der Waals surface area (Å²) in [5, 5.41) is 9.43. The fourth-order valence-corrected chi connectivity index (χ4v) is 3.22. The van der Waals surface area contributed by atoms with Gasteiger partial charge in [0, 0.05) is 11.9 Å². The van der Waals surface area contributed by atoms with Gasteiger partial charge in [-0.2, -0.15) is 0 Å². The SMILES string of the molecule is CCOc1ccccc1C=O.CNc1nc2ccc(SN)cc2s1. The molecule has 0 amide bonds. The number of carbonyl (C=O) groups is 1. The van der Waals surface area contributed by atoms with Crippen LogP contribution in [0.15, 0.2) is 47.4 Å². The van der Waals surface area contributed by atoms with Gasteiger partial charge in [-0.05, 0) is 49.2 Å². The monoisotopic (exact) mass is 361 g/mol. The van der Waals surface area contributed by atoms with Crippen LogP contribution in [-0.2, 0) is 0 Å². The summed E-state index contributed by atoms with van der Waals surface area (Å²) < 4.78 is 6.36. The first kappa shape index (κ1) is 18.3. The largest absolute Gasteiger partial charge is 0.493 e. The molecule has 1 aromatic heterocycles. The van der Waals surface area contributed by atoms with Crippen LogP contribution in [0, 0.1) is 0 Å². The topological polar surface area (TPSA) is 77.2 Å². The van der Waals surface area contributed by atoms with Crippen molar-refractivity contribution in [2.45, 2.75) is 11.8 Å². The van der Waals surface area contributed by atoms with E-state index in [1.165, 1.54) is 16.6 Å². The fourth-order valence-electron chi connectivity index (χ4n) is 1.95. The van der Waals surface area contributed by atoms with Crippen molar-refractivity contribution >= 4 is 44.9 Å². The van der Waals surface area contributed by atoms with E-state index in [-0.39, 0.29) is 0 Å². The van der Waals surface area contributed by atoms with Gasteiger partial charge in [-0.1, -0.05) is 23.5 Å². The maximum absolute atomic E-state index is 10.4. The quantitative estimate of drug-likeness (QED) is 0.524. The number of fused-ring (bicyclic) bond motifs is 1. The Morgan fingerprint density at radius 2 is 2.12 bits per heavy atom. The minimum Gasteiger partial charge on any atom is -0.493 e. The molecule has 24 heavy (non-hydrogen) atoms. The number of aromatic nitrogens is 1. The Morgan fingerprint density at radius 3 is 2.79 bits per heavy atom. The molecule has 0 radical (unpaired) electrons. The molecule has 126 valence electrons. The number of thiazole rings is 1. The number of carbonyl (C=O) groups excluding carboxylic acids is 1. The number of rotatable bonds is 5. The zero-order valence-electron chi connectivity index (χ0n) is 13.5. The number of nitrogens with two attached hydrogens (primary N) is 1. The second kappa shape index (κ2) is 9.27. The molecule has 3 N–H and O–H groups in total. The van der Waals surface area contributed by atoms with Crippen LogP contribution in [0.4, 0.5) is 5.13 Å². The molecule has 0 fully saturated rings. The average molecular weight is 361 g/mol. The Bertz CT molecular complexity index is 803. The van der Waals surface area contributed by atoms with E-state index >= 15 is 0 Å². The van der Waals surface area contributed by atoms with Crippen molar-refractivity contribution in [3.8, 4) is 5.75 Å². The first-order valence-electron chi connectivity index (χ1n) is 7.33. The van der Waals surface area contributed by atoms with Gasteiger partial charge in [0.05, 0.1) is 22.4 Å². The number of anilines is 1. The molecular formula is C17H19N3O2S2. The second-order valence-corrected chi connectivity index (χ2v) is 6.34. The van der Waals surface area contributed by atoms with Crippen LogP contribution in [-0.4, -0.2) is 24.9 Å². The van der Waals surface area contributed by atoms with E-state index in [1.807, 2.05) is 38.2 Å². The van der Waals surface area contributed by atoms with Gasteiger partial charge in [0.15, 0.2) is 11.4 Å². The van der Waals surface area contributed by atoms with Gasteiger partial charge in [-0.15, -0.1) is 0 Å². The molecule has 2 aromatic carbocycles. The number of nitrogens with one attached hydrogen (secondary N) is 1. The van der Waals surface area contributed by atoms with E-state index in [9.17, 15) is 4.79 Å². The summed E-state index contributed by atoms with van der Waals surface area (Å²) in [6.07, 6.45) is 0.797. The molecule has 0 spiro atoms. The van der Waals surface area contributed by atoms with E-state index in [0.717, 1.165) is 21.8 Å². The molecule has 0 saturated heterocycles. The lowest BCUT2D eigenvalue weighted by molar-refractivity contribution is 0.112. The number of hydrogen-bond acceptors (Lipinski definition) is 7. The normalized spacial score (nSPS) is 9.96. The minimum atomic E-state index is 0.588. The lowest BCUT2D eigenvalue weighted by atomic mass is 10.2. The van der Waals surface area contributed by atoms with Gasteiger partial charge in [-0.25, -0.2) is 4.98 Å². The van der Waals surface area contributed by atoms with Crippen LogP contribution in [0.2, 0.25) is 0 Å². The molecule has 3 rings (SSSR count). The number of benzene rings is 2. The number of para-hydroxylation sites is 1. The Balaban J connectivity index is 0.000000177. The standard InChI is InChI=1S/C9H10O2.C8H9N3S2/c1-2-11-9-6-4-3-5-8(9)7-10;1-10-8-11-6-3-2-5(13-9)4-7(6)12-8/h3-7H,2H2,1H3;2-4H,9H2,1H3,(H,10,11). The highest BCUT2D eigenvalue weighted by Gasteiger charge is 2.02. The van der Waals surface area contributed by atoms with Crippen molar-refractivity contribution < 1.29 is 9.53 Å². The third-order valence-electron chi connectivity index (χ3n) is 3.06. The first-order valence-corrected chi connectivity index (χ1v) is 9.03. The second-order valence-electron chi connectivity index (χ2n) is 4.61. The summed E-state index contributed by atoms with van der Waals surface area (Å²) in [4.78, 5) is 15.9. The fraction of sp³-hybridized carbons (Fsp3) is 0.176. The third kappa shape index (κ3) is 4.70. The van der Waals surface area contributed by atoms with Crippen molar-refractivity contribution in [3.63, 3.8) is 0 Å². The molecule has 1 heterocycles. The van der Waals surface area contributed by atoms with Crippen LogP contribution >= 0.6 is 23.3 Å². The van der Waals surface area contributed by atoms with Crippen molar-refractivity contribution in [1.29, 1.82) is 0 Å². The summed E-state index contributed by atoms with van der Waals surface area (Å²) in [6, 6.07) is 13.2. The number of nitrogens with zero attached hydrogens (tertiary/aromatic N) is 1. The predicted molar refractivity (Wildman–Crippen MR) is 102 cm³/mol. The van der Waals surface area contributed by atoms with Crippen LogP contribution < -0.4 is 15.2 Å². The van der Waals surface area contributed by atoms with Crippen LogP contribution in [0.25, 0.3) is 10.2 Å². The van der Waals surface area contributed by atoms with E-state index < -0.39 is 0 Å². The molecule has 5 nitrogen and oxygen atoms in total. The Kier molecular flexibility index (Phi) is 7.05. The number of hydrogen-bond donors (Lipinski definition) is 2. The van der Waals surface area contributed by atoms with Crippen LogP contribution in [0.3, 0.4) is 0 Å². The molecule has 0 aliphatic heterocycles. The molecule has 7 heteroatoms. The Morgan fingerprint density at radius 1 is 1.33 bits per heavy atom. The molecule has 0 aliphatic rings. The molecule has 0 aliphatic carbocycles. The zero-order valence-corrected chi connectivity index (χ0v) is 15.1. The summed E-state index contributed by atoms with van der Waals surface area (Å²) in [7, 11) is 1.87. The molecular weight excluding hydrogens is 342 g/mol. The van der Waals surface area contributed by atoms with E-state index in [2.05, 4.69) is 16.4 Å². The molecule has 0 atom stereocenters. The summed E-state index contributed by atoms with van der Waals surface area (Å²) in [5.41, 5.74) is 1.63. The van der Waals surface area contributed by atoms with Gasteiger partial charge in [-0.3, -0.25) is 9.93 Å². The zero-order chi connectivity index (χ0) is 17.4. The third-order valence-corrected chi connectivity index (χ3v) is 4.62. The van der Waals surface area contributed by atoms with Crippen molar-refractivity contribution in [2.24, 2.45) is 5.14 Å². The number of ether oxygens (including phenoxy) is 1. The van der Waals surface area contributed by atoms with Crippen LogP contribution in [0.1, 0.15) is 17.3 Å². The summed E-state index contributed by atoms with van der Waals surface area (Å²) >= 11 is 2.89. The summed E-state index contributed by atoms with van der Waals surface area (Å²) in [5.74, 6) is 0.657. The van der Waals surface area contributed by atoms with Gasteiger partial charge in [0.2, 0.25) is 0 Å². The molecule has 0 bridgehead atoms. The predicted octanol–water partition coefficient (Wildman–Crippen LogP) is 4.20. The van der Waals surface area contributed by atoms with Crippen LogP contribution in [0.5, 0.6) is 5.75 Å². The molecule has 3 aromatic rings. The summed E-state index contributed by atoms with van der Waals surface area (Å²) in [6.45, 7) is 2.48. The van der Waals surface area contributed by atoms with Crippen molar-refractivity contribution in [2.75, 3.05) is 19.0 Å². The molecule has 0 saturated carbocycles. The molecule has 0 unspecified atom stereocenters. The van der Waals surface area contributed by atoms with E-state index in [4.69, 9.17) is 9.88 Å². The van der Waals surface area contributed by atoms with Crippen molar-refractivity contribution in [1.82, 2.24) is 4.98 Å². The maximum atomic E-state index is 10.4. The highest BCUT2D eigenvalue weighted by Crippen LogP contribution is 2.28. The lowest BCUT2D eigenvalue weighted by Gasteiger charge is -2.03. The highest BCUT2D eigenvalue weighted by atomic mass is 32.2. The maximum Gasteiger partial charge on any atom is 0.183 e. The van der Waals surface area contributed by atoms with Gasteiger partial charge in [0.1, 0.15) is 5.75 Å². The van der Waals surface area contributed by atoms with E-state index in [0.29, 0.717) is 17.9 Å². The Hall–Kier alpha value is -2.09. The highest BCUT2D eigenvalue weighted by molar-refractivity contribution is 7.97. The first-order chi connectivity index (χ1) is 11.7. The Labute approximate surface area is 149 Å².